The van der Waals surface area contributed by atoms with Crippen LogP contribution in [0.3, 0.4) is 0 Å². The van der Waals surface area contributed by atoms with Crippen molar-refractivity contribution in [3.63, 3.8) is 0 Å². The van der Waals surface area contributed by atoms with Crippen LogP contribution in [-0.2, 0) is 16.1 Å². The average molecular weight is 671 g/mol. The lowest BCUT2D eigenvalue weighted by Gasteiger charge is -2.39. The van der Waals surface area contributed by atoms with Gasteiger partial charge in [-0.05, 0) is 75.6 Å². The van der Waals surface area contributed by atoms with E-state index in [1.54, 1.807) is 6.20 Å². The van der Waals surface area contributed by atoms with Crippen molar-refractivity contribution in [2.45, 2.75) is 64.6 Å². The van der Waals surface area contributed by atoms with Crippen molar-refractivity contribution in [3.05, 3.63) is 78.0 Å². The predicted molar refractivity (Wildman–Crippen MR) is 188 cm³/mol. The number of aromatic nitrogens is 2. The molecule has 3 saturated heterocycles. The van der Waals surface area contributed by atoms with Gasteiger partial charge in [0.1, 0.15) is 18.0 Å². The van der Waals surface area contributed by atoms with Gasteiger partial charge >= 0.3 is 12.2 Å². The minimum absolute atomic E-state index is 0.214. The molecule has 6 rings (SSSR count). The molecular formula is C38H50N6O5. The van der Waals surface area contributed by atoms with Crippen molar-refractivity contribution in [2.24, 2.45) is 5.92 Å². The zero-order chi connectivity index (χ0) is 34.2. The largest absolute Gasteiger partial charge is 0.445 e. The Morgan fingerprint density at radius 1 is 0.837 bits per heavy atom. The third-order valence-corrected chi connectivity index (χ3v) is 9.57. The molecule has 11 heteroatoms. The van der Waals surface area contributed by atoms with E-state index in [4.69, 9.17) is 14.2 Å². The van der Waals surface area contributed by atoms with Crippen LogP contribution in [0.1, 0.15) is 63.5 Å². The van der Waals surface area contributed by atoms with Crippen molar-refractivity contribution < 1.29 is 23.8 Å². The van der Waals surface area contributed by atoms with Gasteiger partial charge in [-0.1, -0.05) is 42.5 Å². The molecule has 2 aromatic carbocycles. The summed E-state index contributed by atoms with van der Waals surface area (Å²) in [5.41, 5.74) is 2.64. The number of benzene rings is 2. The Labute approximate surface area is 290 Å². The van der Waals surface area contributed by atoms with E-state index in [9.17, 15) is 9.59 Å². The van der Waals surface area contributed by atoms with Crippen LogP contribution in [0.5, 0.6) is 11.6 Å². The van der Waals surface area contributed by atoms with Crippen LogP contribution in [0.4, 0.5) is 15.3 Å². The van der Waals surface area contributed by atoms with Crippen molar-refractivity contribution >= 4 is 17.9 Å². The molecule has 3 fully saturated rings. The van der Waals surface area contributed by atoms with Crippen molar-refractivity contribution in [1.82, 2.24) is 24.9 Å². The van der Waals surface area contributed by atoms with E-state index < -0.39 is 5.60 Å². The molecule has 3 aliphatic rings. The highest BCUT2D eigenvalue weighted by atomic mass is 16.6. The molecular weight excluding hydrogens is 620 g/mol. The van der Waals surface area contributed by atoms with E-state index in [-0.39, 0.29) is 18.1 Å². The Hall–Kier alpha value is -4.38. The third kappa shape index (κ3) is 9.84. The summed E-state index contributed by atoms with van der Waals surface area (Å²) in [7, 11) is 0. The topological polar surface area (TPSA) is 101 Å². The molecule has 49 heavy (non-hydrogen) atoms. The lowest BCUT2D eigenvalue weighted by atomic mass is 9.91. The number of piperidine rings is 2. The summed E-state index contributed by atoms with van der Waals surface area (Å²) in [6.45, 7) is 13.6. The second-order valence-electron chi connectivity index (χ2n) is 14.5. The zero-order valence-electron chi connectivity index (χ0n) is 29.1. The van der Waals surface area contributed by atoms with Crippen molar-refractivity contribution in [2.75, 3.05) is 63.8 Å². The first-order chi connectivity index (χ1) is 23.7. The summed E-state index contributed by atoms with van der Waals surface area (Å²) >= 11 is 0. The Morgan fingerprint density at radius 3 is 2.37 bits per heavy atom. The fourth-order valence-electron chi connectivity index (χ4n) is 6.92. The quantitative estimate of drug-likeness (QED) is 0.264. The standard InChI is InChI=1S/C38H50N6O5/c1-38(2,3)49-37(46)44-16-8-12-32(27-44)31-11-7-13-34(23-31)48-35-24-33(25-39-40-35)42-21-19-41(20-22-42)26-29-14-17-43(18-15-29)36(45)47-28-30-9-5-4-6-10-30/h4-7,9-11,13,23-25,29,32H,8,12,14-22,26-28H2,1-3H3. The molecule has 0 aliphatic carbocycles. The minimum atomic E-state index is -0.512. The van der Waals surface area contributed by atoms with E-state index in [0.29, 0.717) is 37.2 Å². The van der Waals surface area contributed by atoms with Gasteiger partial charge in [0.05, 0.1) is 11.9 Å². The van der Waals surface area contributed by atoms with Crippen LogP contribution in [0, 0.1) is 5.92 Å². The van der Waals surface area contributed by atoms with E-state index in [1.807, 2.05) is 79.1 Å². The van der Waals surface area contributed by atoms with E-state index >= 15 is 0 Å². The number of hydrogen-bond acceptors (Lipinski definition) is 9. The third-order valence-electron chi connectivity index (χ3n) is 9.57. The monoisotopic (exact) mass is 670 g/mol. The van der Waals surface area contributed by atoms with Gasteiger partial charge in [0.25, 0.3) is 0 Å². The van der Waals surface area contributed by atoms with Gasteiger partial charge in [0.2, 0.25) is 5.88 Å². The second-order valence-corrected chi connectivity index (χ2v) is 14.5. The van der Waals surface area contributed by atoms with Crippen LogP contribution in [0.15, 0.2) is 66.9 Å². The second kappa shape index (κ2) is 15.9. The first-order valence-electron chi connectivity index (χ1n) is 17.7. The molecule has 11 nitrogen and oxygen atoms in total. The van der Waals surface area contributed by atoms with Gasteiger partial charge in [-0.3, -0.25) is 4.90 Å². The fourth-order valence-corrected chi connectivity index (χ4v) is 6.92. The van der Waals surface area contributed by atoms with E-state index in [0.717, 1.165) is 88.3 Å². The van der Waals surface area contributed by atoms with Crippen LogP contribution in [-0.4, -0.2) is 102 Å². The highest BCUT2D eigenvalue weighted by molar-refractivity contribution is 5.68. The zero-order valence-corrected chi connectivity index (χ0v) is 29.1. The van der Waals surface area contributed by atoms with Crippen molar-refractivity contribution in [1.29, 1.82) is 0 Å². The molecule has 1 aromatic heterocycles. The van der Waals surface area contributed by atoms with Crippen LogP contribution < -0.4 is 9.64 Å². The SMILES string of the molecule is CC(C)(C)OC(=O)N1CCCC(c2cccc(Oc3cc(N4CCN(CC5CCN(C(=O)OCc6ccccc6)CC5)CC4)cnn3)c2)C1. The maximum atomic E-state index is 12.7. The van der Waals surface area contributed by atoms with Gasteiger partial charge in [-0.15, -0.1) is 5.10 Å². The number of carbonyl (C=O) groups excluding carboxylic acids is 2. The van der Waals surface area contributed by atoms with Gasteiger partial charge in [0.15, 0.2) is 0 Å². The average Bonchev–Trinajstić information content (AvgIpc) is 3.11. The Balaban J connectivity index is 0.947. The number of piperazine rings is 1. The van der Waals surface area contributed by atoms with E-state index in [1.165, 1.54) is 0 Å². The number of amides is 2. The number of carbonyl (C=O) groups is 2. The van der Waals surface area contributed by atoms with Gasteiger partial charge in [-0.2, -0.15) is 5.10 Å². The summed E-state index contributed by atoms with van der Waals surface area (Å²) in [5.74, 6) is 1.97. The van der Waals surface area contributed by atoms with Crippen LogP contribution >= 0.6 is 0 Å². The molecule has 4 heterocycles. The maximum absolute atomic E-state index is 12.7. The lowest BCUT2D eigenvalue weighted by Crippen LogP contribution is -2.49. The first kappa shape index (κ1) is 34.5. The molecule has 2 amide bonds. The maximum Gasteiger partial charge on any atom is 0.410 e. The summed E-state index contributed by atoms with van der Waals surface area (Å²) in [4.78, 5) is 33.8. The lowest BCUT2D eigenvalue weighted by molar-refractivity contribution is 0.0198. The van der Waals surface area contributed by atoms with Crippen LogP contribution in [0.2, 0.25) is 0 Å². The van der Waals surface area contributed by atoms with Crippen molar-refractivity contribution in [3.8, 4) is 11.6 Å². The molecule has 0 spiro atoms. The number of ether oxygens (including phenoxy) is 3. The predicted octanol–water partition coefficient (Wildman–Crippen LogP) is 6.55. The highest BCUT2D eigenvalue weighted by Crippen LogP contribution is 2.32. The molecule has 3 aliphatic heterocycles. The number of rotatable bonds is 8. The summed E-state index contributed by atoms with van der Waals surface area (Å²) in [6, 6.07) is 19.9. The van der Waals surface area contributed by atoms with E-state index in [2.05, 4.69) is 32.1 Å². The molecule has 1 atom stereocenters. The molecule has 0 radical (unpaired) electrons. The fraction of sp³-hybridized carbons (Fsp3) is 0.526. The minimum Gasteiger partial charge on any atom is -0.445 e. The first-order valence-corrected chi connectivity index (χ1v) is 17.7. The number of likely N-dealkylation sites (tertiary alicyclic amines) is 2. The molecule has 262 valence electrons. The highest BCUT2D eigenvalue weighted by Gasteiger charge is 2.29. The number of nitrogens with zero attached hydrogens (tertiary/aromatic N) is 6. The molecule has 1 unspecified atom stereocenters. The normalized spacial score (nSPS) is 19.4. The smallest absolute Gasteiger partial charge is 0.410 e. The van der Waals surface area contributed by atoms with Gasteiger partial charge < -0.3 is 28.9 Å². The summed E-state index contributed by atoms with van der Waals surface area (Å²) in [6.07, 6.45) is 5.28. The Kier molecular flexibility index (Phi) is 11.2. The summed E-state index contributed by atoms with van der Waals surface area (Å²) in [5, 5.41) is 8.52. The molecule has 0 bridgehead atoms. The molecule has 3 aromatic rings. The Bertz CT molecular complexity index is 1530. The molecule has 0 saturated carbocycles. The summed E-state index contributed by atoms with van der Waals surface area (Å²) < 4.78 is 17.4. The van der Waals surface area contributed by atoms with Crippen LogP contribution in [0.25, 0.3) is 0 Å². The number of anilines is 1. The number of hydrogen-bond donors (Lipinski definition) is 0. The molecule has 0 N–H and O–H groups in total. The Morgan fingerprint density at radius 2 is 1.61 bits per heavy atom. The van der Waals surface area contributed by atoms with Gasteiger partial charge in [-0.25, -0.2) is 9.59 Å². The van der Waals surface area contributed by atoms with Gasteiger partial charge in [0, 0.05) is 70.9 Å².